The van der Waals surface area contributed by atoms with Crippen molar-refractivity contribution in [3.05, 3.63) is 32.8 Å². The lowest BCUT2D eigenvalue weighted by Crippen LogP contribution is -2.38. The van der Waals surface area contributed by atoms with Crippen LogP contribution in [0.15, 0.2) is 22.7 Å². The molecule has 2 fully saturated rings. The van der Waals surface area contributed by atoms with Crippen molar-refractivity contribution in [2.75, 3.05) is 37.6 Å². The highest BCUT2D eigenvalue weighted by atomic mass is 79.9. The number of rotatable bonds is 4. The molecule has 2 aliphatic heterocycles. The first-order valence-corrected chi connectivity index (χ1v) is 8.84. The fourth-order valence-corrected chi connectivity index (χ4v) is 4.17. The van der Waals surface area contributed by atoms with Crippen molar-refractivity contribution in [2.24, 2.45) is 5.92 Å². The number of nitro benzene ring substituents is 1. The molecule has 0 radical (unpaired) electrons. The number of piperidine rings is 1. The highest BCUT2D eigenvalue weighted by molar-refractivity contribution is 9.10. The van der Waals surface area contributed by atoms with Crippen LogP contribution in [0.25, 0.3) is 0 Å². The van der Waals surface area contributed by atoms with Crippen LogP contribution in [-0.2, 0) is 0 Å². The van der Waals surface area contributed by atoms with Crippen molar-refractivity contribution in [1.29, 1.82) is 0 Å². The molecule has 0 atom stereocenters. The minimum atomic E-state index is -0.350. The Kier molecular flexibility index (Phi) is 4.98. The number of benzene rings is 1. The minimum absolute atomic E-state index is 0.138. The molecule has 2 heterocycles. The smallest absolute Gasteiger partial charge is 0.270 e. The molecule has 0 unspecified atom stereocenters. The van der Waals surface area contributed by atoms with Crippen molar-refractivity contribution in [3.8, 4) is 0 Å². The monoisotopic (exact) mass is 367 g/mol. The first-order valence-electron chi connectivity index (χ1n) is 8.05. The van der Waals surface area contributed by atoms with Gasteiger partial charge in [0.05, 0.1) is 10.6 Å². The van der Waals surface area contributed by atoms with Crippen LogP contribution < -0.4 is 4.90 Å². The molecule has 0 bridgehead atoms. The molecule has 1 aromatic carbocycles. The Morgan fingerprint density at radius 2 is 1.86 bits per heavy atom. The molecular formula is C16H22BrN3O2. The van der Waals surface area contributed by atoms with Gasteiger partial charge in [-0.2, -0.15) is 0 Å². The molecule has 0 saturated carbocycles. The average molecular weight is 368 g/mol. The maximum Gasteiger partial charge on any atom is 0.270 e. The summed E-state index contributed by atoms with van der Waals surface area (Å²) in [5.41, 5.74) is 1.21. The molecule has 22 heavy (non-hydrogen) atoms. The van der Waals surface area contributed by atoms with Gasteiger partial charge in [-0.1, -0.05) is 0 Å². The molecule has 6 heteroatoms. The van der Waals surface area contributed by atoms with Gasteiger partial charge in [0.15, 0.2) is 0 Å². The van der Waals surface area contributed by atoms with Gasteiger partial charge in [0, 0.05) is 36.2 Å². The number of nitro groups is 1. The quantitative estimate of drug-likeness (QED) is 0.601. The van der Waals surface area contributed by atoms with Gasteiger partial charge in [-0.25, -0.2) is 0 Å². The molecule has 0 aliphatic carbocycles. The normalized spacial score (nSPS) is 20.5. The van der Waals surface area contributed by atoms with E-state index in [0.29, 0.717) is 0 Å². The number of hydrogen-bond acceptors (Lipinski definition) is 4. The molecule has 3 rings (SSSR count). The number of nitrogens with zero attached hydrogens (tertiary/aromatic N) is 3. The molecular weight excluding hydrogens is 346 g/mol. The van der Waals surface area contributed by atoms with Crippen LogP contribution in [0.3, 0.4) is 0 Å². The number of hydrogen-bond donors (Lipinski definition) is 0. The number of anilines is 1. The van der Waals surface area contributed by atoms with E-state index in [9.17, 15) is 10.1 Å². The maximum absolute atomic E-state index is 10.8. The summed E-state index contributed by atoms with van der Waals surface area (Å²) in [4.78, 5) is 15.4. The molecule has 0 amide bonds. The molecule has 0 spiro atoms. The zero-order valence-corrected chi connectivity index (χ0v) is 14.3. The van der Waals surface area contributed by atoms with E-state index >= 15 is 0 Å². The third-order valence-electron chi connectivity index (χ3n) is 4.81. The van der Waals surface area contributed by atoms with Crippen molar-refractivity contribution < 1.29 is 4.92 Å². The van der Waals surface area contributed by atoms with Crippen molar-refractivity contribution in [2.45, 2.75) is 25.7 Å². The SMILES string of the molecule is O=[N+]([O-])c1ccc(N2CCC(CN3CCCC3)CC2)c(Br)c1. The Balaban J connectivity index is 1.57. The predicted octanol–water partition coefficient (Wildman–Crippen LogP) is 3.67. The van der Waals surface area contributed by atoms with Gasteiger partial charge >= 0.3 is 0 Å². The van der Waals surface area contributed by atoms with Crippen LogP contribution in [0, 0.1) is 16.0 Å². The van der Waals surface area contributed by atoms with Crippen LogP contribution in [0.1, 0.15) is 25.7 Å². The fourth-order valence-electron chi connectivity index (χ4n) is 3.55. The van der Waals surface area contributed by atoms with E-state index < -0.39 is 0 Å². The summed E-state index contributed by atoms with van der Waals surface area (Å²) in [6, 6.07) is 5.06. The Hall–Kier alpha value is -1.14. The van der Waals surface area contributed by atoms with Gasteiger partial charge in [-0.15, -0.1) is 0 Å². The van der Waals surface area contributed by atoms with Gasteiger partial charge < -0.3 is 9.80 Å². The predicted molar refractivity (Wildman–Crippen MR) is 91.4 cm³/mol. The van der Waals surface area contributed by atoms with Crippen molar-refractivity contribution >= 4 is 27.3 Å². The highest BCUT2D eigenvalue weighted by Crippen LogP contribution is 2.33. The van der Waals surface area contributed by atoms with Gasteiger partial charge in [0.25, 0.3) is 5.69 Å². The van der Waals surface area contributed by atoms with Crippen molar-refractivity contribution in [1.82, 2.24) is 4.90 Å². The summed E-state index contributed by atoms with van der Waals surface area (Å²) in [5.74, 6) is 0.797. The van der Waals surface area contributed by atoms with Gasteiger partial charge in [0.2, 0.25) is 0 Å². The first-order chi connectivity index (χ1) is 10.6. The van der Waals surface area contributed by atoms with E-state index in [1.807, 2.05) is 6.07 Å². The lowest BCUT2D eigenvalue weighted by Gasteiger charge is -2.35. The Bertz CT molecular complexity index is 538. The molecule has 0 N–H and O–H groups in total. The molecule has 0 aromatic heterocycles. The lowest BCUT2D eigenvalue weighted by molar-refractivity contribution is -0.384. The van der Waals surface area contributed by atoms with Gasteiger partial charge in [0.1, 0.15) is 0 Å². The number of halogens is 1. The zero-order valence-electron chi connectivity index (χ0n) is 12.7. The summed E-state index contributed by atoms with van der Waals surface area (Å²) >= 11 is 3.48. The summed E-state index contributed by atoms with van der Waals surface area (Å²) in [6.07, 6.45) is 5.13. The van der Waals surface area contributed by atoms with E-state index in [0.717, 1.165) is 29.2 Å². The van der Waals surface area contributed by atoms with Crippen LogP contribution in [0.4, 0.5) is 11.4 Å². The second kappa shape index (κ2) is 6.96. The number of likely N-dealkylation sites (tertiary alicyclic amines) is 1. The van der Waals surface area contributed by atoms with Crippen LogP contribution >= 0.6 is 15.9 Å². The summed E-state index contributed by atoms with van der Waals surface area (Å²) in [7, 11) is 0. The van der Waals surface area contributed by atoms with Crippen LogP contribution in [0.2, 0.25) is 0 Å². The van der Waals surface area contributed by atoms with E-state index in [2.05, 4.69) is 25.7 Å². The minimum Gasteiger partial charge on any atom is -0.371 e. The van der Waals surface area contributed by atoms with Crippen LogP contribution in [0.5, 0.6) is 0 Å². The first kappa shape index (κ1) is 15.7. The lowest BCUT2D eigenvalue weighted by atomic mass is 9.96. The molecule has 2 aliphatic rings. The molecule has 120 valence electrons. The average Bonchev–Trinajstić information content (AvgIpc) is 3.01. The maximum atomic E-state index is 10.8. The van der Waals surface area contributed by atoms with E-state index in [-0.39, 0.29) is 10.6 Å². The molecule has 5 nitrogen and oxygen atoms in total. The second-order valence-corrected chi connectivity index (χ2v) is 7.19. The summed E-state index contributed by atoms with van der Waals surface area (Å²) in [5, 5.41) is 10.8. The number of non-ortho nitro benzene ring substituents is 1. The van der Waals surface area contributed by atoms with Gasteiger partial charge in [-0.05, 0) is 66.7 Å². The Labute approximate surface area is 139 Å². The Morgan fingerprint density at radius 3 is 2.45 bits per heavy atom. The Morgan fingerprint density at radius 1 is 1.18 bits per heavy atom. The highest BCUT2D eigenvalue weighted by Gasteiger charge is 2.24. The van der Waals surface area contributed by atoms with Crippen LogP contribution in [-0.4, -0.2) is 42.5 Å². The molecule has 1 aromatic rings. The molecule has 2 saturated heterocycles. The van der Waals surface area contributed by atoms with Crippen molar-refractivity contribution in [3.63, 3.8) is 0 Å². The standard InChI is InChI=1S/C16H22BrN3O2/c17-15-11-14(20(21)22)3-4-16(15)19-9-5-13(6-10-19)12-18-7-1-2-8-18/h3-4,11,13H,1-2,5-10,12H2. The largest absolute Gasteiger partial charge is 0.371 e. The van der Waals surface area contributed by atoms with E-state index in [1.54, 1.807) is 12.1 Å². The van der Waals surface area contributed by atoms with E-state index in [4.69, 9.17) is 0 Å². The third kappa shape index (κ3) is 3.60. The van der Waals surface area contributed by atoms with E-state index in [1.165, 1.54) is 45.3 Å². The zero-order chi connectivity index (χ0) is 15.5. The summed E-state index contributed by atoms with van der Waals surface area (Å²) in [6.45, 7) is 5.86. The summed E-state index contributed by atoms with van der Waals surface area (Å²) < 4.78 is 0.819. The van der Waals surface area contributed by atoms with Gasteiger partial charge in [-0.3, -0.25) is 10.1 Å². The second-order valence-electron chi connectivity index (χ2n) is 6.33. The fraction of sp³-hybridized carbons (Fsp3) is 0.625. The third-order valence-corrected chi connectivity index (χ3v) is 5.45. The topological polar surface area (TPSA) is 49.6 Å².